The highest BCUT2D eigenvalue weighted by atomic mass is 16.5. The number of aromatic nitrogens is 6. The van der Waals surface area contributed by atoms with Crippen LogP contribution in [0.2, 0.25) is 0 Å². The highest BCUT2D eigenvalue weighted by molar-refractivity contribution is 5.52. The highest BCUT2D eigenvalue weighted by Gasteiger charge is 2.13. The van der Waals surface area contributed by atoms with Crippen LogP contribution in [0.3, 0.4) is 0 Å². The van der Waals surface area contributed by atoms with Gasteiger partial charge in [-0.25, -0.2) is 15.0 Å². The molecule has 0 aliphatic rings. The third kappa shape index (κ3) is 2.33. The smallest absolute Gasteiger partial charge is 0.278 e. The summed E-state index contributed by atoms with van der Waals surface area (Å²) in [6.07, 6.45) is 6.54. The van der Waals surface area contributed by atoms with E-state index in [-0.39, 0.29) is 0 Å². The molecule has 0 aromatic carbocycles. The molecule has 3 heterocycles. The zero-order valence-corrected chi connectivity index (χ0v) is 9.97. The number of nitrogens with zero attached hydrogens (tertiary/aromatic N) is 6. The maximum atomic E-state index is 5.47. The van der Waals surface area contributed by atoms with E-state index in [1.165, 1.54) is 6.33 Å². The molecule has 2 N–H and O–H groups in total. The monoisotopic (exact) mass is 257 g/mol. The molecule has 3 aromatic rings. The molecule has 0 amide bonds. The Labute approximate surface area is 108 Å². The number of nitrogens with two attached hydrogens (primary N) is 1. The van der Waals surface area contributed by atoms with Crippen LogP contribution >= 0.6 is 0 Å². The van der Waals surface area contributed by atoms with Crippen LogP contribution in [0.5, 0.6) is 0 Å². The summed E-state index contributed by atoms with van der Waals surface area (Å²) in [6.45, 7) is 1.24. The minimum Gasteiger partial charge on any atom is -0.335 e. The van der Waals surface area contributed by atoms with Crippen LogP contribution < -0.4 is 5.73 Å². The van der Waals surface area contributed by atoms with E-state index in [2.05, 4.69) is 25.1 Å². The Morgan fingerprint density at radius 2 is 2.21 bits per heavy atom. The summed E-state index contributed by atoms with van der Waals surface area (Å²) in [5, 5.41) is 3.87. The van der Waals surface area contributed by atoms with Crippen molar-refractivity contribution in [3.63, 3.8) is 0 Å². The van der Waals surface area contributed by atoms with E-state index >= 15 is 0 Å². The van der Waals surface area contributed by atoms with Gasteiger partial charge in [0.1, 0.15) is 17.7 Å². The van der Waals surface area contributed by atoms with Gasteiger partial charge in [0.15, 0.2) is 0 Å². The molecule has 96 valence electrons. The van der Waals surface area contributed by atoms with Crippen molar-refractivity contribution in [2.45, 2.75) is 6.54 Å². The topological polar surface area (TPSA) is 109 Å². The summed E-state index contributed by atoms with van der Waals surface area (Å²) in [4.78, 5) is 16.3. The number of imidazole rings is 1. The number of rotatable bonds is 4. The van der Waals surface area contributed by atoms with Crippen LogP contribution in [-0.2, 0) is 6.54 Å². The molecule has 3 rings (SSSR count). The van der Waals surface area contributed by atoms with E-state index in [1.54, 1.807) is 18.6 Å². The SMILES string of the molecule is NCCn1cnc(-c2nc(-c3ccncn3)no2)c1. The Hall–Kier alpha value is -2.61. The Morgan fingerprint density at radius 1 is 1.26 bits per heavy atom. The molecule has 0 atom stereocenters. The first-order chi connectivity index (χ1) is 9.36. The maximum absolute atomic E-state index is 5.47. The quantitative estimate of drug-likeness (QED) is 0.718. The second-order valence-corrected chi connectivity index (χ2v) is 3.80. The van der Waals surface area contributed by atoms with Gasteiger partial charge in [-0.15, -0.1) is 0 Å². The zero-order valence-electron chi connectivity index (χ0n) is 9.97. The second kappa shape index (κ2) is 4.94. The molecule has 8 nitrogen and oxygen atoms in total. The molecule has 0 radical (unpaired) electrons. The van der Waals surface area contributed by atoms with Gasteiger partial charge in [0, 0.05) is 25.5 Å². The van der Waals surface area contributed by atoms with E-state index in [0.29, 0.717) is 36.2 Å². The lowest BCUT2D eigenvalue weighted by atomic mass is 10.4. The summed E-state index contributed by atoms with van der Waals surface area (Å²) >= 11 is 0. The van der Waals surface area contributed by atoms with Crippen molar-refractivity contribution in [3.05, 3.63) is 31.1 Å². The van der Waals surface area contributed by atoms with Crippen molar-refractivity contribution in [2.75, 3.05) is 6.54 Å². The fraction of sp³-hybridized carbons (Fsp3) is 0.182. The molecule has 0 spiro atoms. The first-order valence-electron chi connectivity index (χ1n) is 5.69. The molecule has 0 unspecified atom stereocenters. The first-order valence-corrected chi connectivity index (χ1v) is 5.69. The predicted octanol–water partition coefficient (Wildman–Crippen LogP) is 0.349. The summed E-state index contributed by atoms with van der Waals surface area (Å²) in [5.41, 5.74) is 6.69. The van der Waals surface area contributed by atoms with Crippen LogP contribution in [0, 0.1) is 0 Å². The molecular formula is C11H11N7O. The Balaban J connectivity index is 1.88. The zero-order chi connectivity index (χ0) is 13.1. The van der Waals surface area contributed by atoms with Crippen molar-refractivity contribution < 1.29 is 4.52 Å². The van der Waals surface area contributed by atoms with Gasteiger partial charge in [0.05, 0.1) is 6.33 Å². The van der Waals surface area contributed by atoms with Gasteiger partial charge >= 0.3 is 0 Å². The standard InChI is InChI=1S/C11H11N7O/c12-2-4-18-5-9(15-7-18)11-16-10(17-19-11)8-1-3-13-6-14-8/h1,3,5-7H,2,4,12H2. The average molecular weight is 257 g/mol. The maximum Gasteiger partial charge on any atom is 0.278 e. The lowest BCUT2D eigenvalue weighted by Crippen LogP contribution is -2.07. The average Bonchev–Trinajstić information content (AvgIpc) is 3.08. The van der Waals surface area contributed by atoms with E-state index in [4.69, 9.17) is 10.3 Å². The molecular weight excluding hydrogens is 246 g/mol. The predicted molar refractivity (Wildman–Crippen MR) is 65.6 cm³/mol. The fourth-order valence-corrected chi connectivity index (χ4v) is 1.60. The van der Waals surface area contributed by atoms with Crippen molar-refractivity contribution in [1.82, 2.24) is 29.7 Å². The summed E-state index contributed by atoms with van der Waals surface area (Å²) in [5.74, 6) is 0.759. The molecule has 0 saturated carbocycles. The molecule has 19 heavy (non-hydrogen) atoms. The third-order valence-corrected chi connectivity index (χ3v) is 2.48. The largest absolute Gasteiger partial charge is 0.335 e. The molecule has 8 heteroatoms. The van der Waals surface area contributed by atoms with Crippen LogP contribution in [0.1, 0.15) is 0 Å². The minimum absolute atomic E-state index is 0.351. The number of hydrogen-bond acceptors (Lipinski definition) is 7. The second-order valence-electron chi connectivity index (χ2n) is 3.80. The Kier molecular flexibility index (Phi) is 2.99. The van der Waals surface area contributed by atoms with Crippen LogP contribution in [-0.4, -0.2) is 36.2 Å². The molecule has 0 bridgehead atoms. The van der Waals surface area contributed by atoms with E-state index in [9.17, 15) is 0 Å². The highest BCUT2D eigenvalue weighted by Crippen LogP contribution is 2.18. The van der Waals surface area contributed by atoms with Crippen molar-refractivity contribution in [2.24, 2.45) is 5.73 Å². The van der Waals surface area contributed by atoms with Gasteiger partial charge in [-0.2, -0.15) is 4.98 Å². The molecule has 3 aromatic heterocycles. The lowest BCUT2D eigenvalue weighted by molar-refractivity contribution is 0.431. The minimum atomic E-state index is 0.351. The van der Waals surface area contributed by atoms with E-state index in [0.717, 1.165) is 0 Å². The molecule has 0 aliphatic heterocycles. The lowest BCUT2D eigenvalue weighted by Gasteiger charge is -1.94. The summed E-state index contributed by atoms with van der Waals surface area (Å²) < 4.78 is 7.03. The van der Waals surface area contributed by atoms with Gasteiger partial charge in [0.25, 0.3) is 5.89 Å². The van der Waals surface area contributed by atoms with Crippen molar-refractivity contribution in [3.8, 4) is 23.1 Å². The first kappa shape index (κ1) is 11.5. The normalized spacial score (nSPS) is 10.8. The Bertz CT molecular complexity index is 661. The summed E-state index contributed by atoms with van der Waals surface area (Å²) in [6, 6.07) is 1.71. The van der Waals surface area contributed by atoms with Gasteiger partial charge in [-0.05, 0) is 6.07 Å². The van der Waals surface area contributed by atoms with Crippen LogP contribution in [0.4, 0.5) is 0 Å². The van der Waals surface area contributed by atoms with Crippen molar-refractivity contribution >= 4 is 0 Å². The number of hydrogen-bond donors (Lipinski definition) is 1. The van der Waals surface area contributed by atoms with Gasteiger partial charge in [-0.3, -0.25) is 0 Å². The van der Waals surface area contributed by atoms with Gasteiger partial charge in [-0.1, -0.05) is 5.16 Å². The molecule has 0 fully saturated rings. The van der Waals surface area contributed by atoms with Gasteiger partial charge in [0.2, 0.25) is 5.82 Å². The van der Waals surface area contributed by atoms with Crippen molar-refractivity contribution in [1.29, 1.82) is 0 Å². The third-order valence-electron chi connectivity index (χ3n) is 2.48. The molecule has 0 aliphatic carbocycles. The van der Waals surface area contributed by atoms with E-state index in [1.807, 2.05) is 10.8 Å². The fourth-order valence-electron chi connectivity index (χ4n) is 1.60. The summed E-state index contributed by atoms with van der Waals surface area (Å²) in [7, 11) is 0. The van der Waals surface area contributed by atoms with Crippen LogP contribution in [0.25, 0.3) is 23.1 Å². The van der Waals surface area contributed by atoms with Gasteiger partial charge < -0.3 is 14.8 Å². The van der Waals surface area contributed by atoms with E-state index < -0.39 is 0 Å². The molecule has 0 saturated heterocycles. The Morgan fingerprint density at radius 3 is 3.00 bits per heavy atom. The van der Waals surface area contributed by atoms with Crippen LogP contribution in [0.15, 0.2) is 35.6 Å².